The number of carbonyl (C=O) groups is 2. The maximum Gasteiger partial charge on any atom is 0.407 e. The molecule has 0 aromatic rings. The highest BCUT2D eigenvalue weighted by Gasteiger charge is 2.31. The molecule has 0 aromatic carbocycles. The number of rotatable bonds is 2. The van der Waals surface area contributed by atoms with Gasteiger partial charge in [-0.15, -0.1) is 0 Å². The van der Waals surface area contributed by atoms with E-state index >= 15 is 0 Å². The standard InChI is InChI=1S/C9H14F3N3O3/c1-18-8(17)14-6-2-3-15(4-6)7(16)13-5-9(10,11)12/h6H,2-5H2,1H3,(H,13,16)(H,14,17). The van der Waals surface area contributed by atoms with Crippen LogP contribution in [0.2, 0.25) is 0 Å². The summed E-state index contributed by atoms with van der Waals surface area (Å²) in [6.07, 6.45) is -4.58. The van der Waals surface area contributed by atoms with Crippen molar-refractivity contribution in [3.63, 3.8) is 0 Å². The largest absolute Gasteiger partial charge is 0.453 e. The van der Waals surface area contributed by atoms with Crippen LogP contribution in [0.5, 0.6) is 0 Å². The first-order valence-electron chi connectivity index (χ1n) is 5.26. The second-order valence-electron chi connectivity index (χ2n) is 3.84. The Morgan fingerprint density at radius 3 is 2.67 bits per heavy atom. The van der Waals surface area contributed by atoms with Crippen LogP contribution in [0.1, 0.15) is 6.42 Å². The molecular weight excluding hydrogens is 255 g/mol. The normalized spacial score (nSPS) is 19.6. The van der Waals surface area contributed by atoms with E-state index in [4.69, 9.17) is 0 Å². The number of methoxy groups -OCH3 is 1. The number of carbonyl (C=O) groups excluding carboxylic acids is 2. The fourth-order valence-corrected chi connectivity index (χ4v) is 1.58. The fraction of sp³-hybridized carbons (Fsp3) is 0.778. The van der Waals surface area contributed by atoms with E-state index in [1.165, 1.54) is 12.0 Å². The van der Waals surface area contributed by atoms with Gasteiger partial charge in [-0.25, -0.2) is 9.59 Å². The molecule has 1 fully saturated rings. The first kappa shape index (κ1) is 14.4. The Morgan fingerprint density at radius 2 is 2.11 bits per heavy atom. The minimum atomic E-state index is -4.43. The number of nitrogens with zero attached hydrogens (tertiary/aromatic N) is 1. The Bertz CT molecular complexity index is 322. The second-order valence-corrected chi connectivity index (χ2v) is 3.84. The van der Waals surface area contributed by atoms with Gasteiger partial charge in [-0.1, -0.05) is 0 Å². The molecule has 0 aliphatic carbocycles. The van der Waals surface area contributed by atoms with Gasteiger partial charge in [-0.2, -0.15) is 13.2 Å². The van der Waals surface area contributed by atoms with Gasteiger partial charge in [-0.05, 0) is 6.42 Å². The number of hydrogen-bond donors (Lipinski definition) is 2. The molecule has 1 aliphatic heterocycles. The van der Waals surface area contributed by atoms with Crippen LogP contribution in [0.25, 0.3) is 0 Å². The van der Waals surface area contributed by atoms with Gasteiger partial charge in [0.15, 0.2) is 0 Å². The van der Waals surface area contributed by atoms with Crippen molar-refractivity contribution in [2.75, 3.05) is 26.7 Å². The topological polar surface area (TPSA) is 70.7 Å². The van der Waals surface area contributed by atoms with E-state index in [0.717, 1.165) is 0 Å². The number of amides is 3. The van der Waals surface area contributed by atoms with E-state index in [9.17, 15) is 22.8 Å². The van der Waals surface area contributed by atoms with Crippen LogP contribution < -0.4 is 10.6 Å². The predicted octanol–water partition coefficient (Wildman–Crippen LogP) is 0.689. The van der Waals surface area contributed by atoms with Crippen molar-refractivity contribution < 1.29 is 27.5 Å². The lowest BCUT2D eigenvalue weighted by Gasteiger charge is -2.18. The molecule has 0 radical (unpaired) electrons. The fourth-order valence-electron chi connectivity index (χ4n) is 1.58. The molecule has 1 unspecified atom stereocenters. The maximum absolute atomic E-state index is 11.9. The van der Waals surface area contributed by atoms with E-state index < -0.39 is 24.8 Å². The van der Waals surface area contributed by atoms with E-state index in [0.29, 0.717) is 13.0 Å². The third kappa shape index (κ3) is 4.68. The van der Waals surface area contributed by atoms with Crippen LogP contribution in [-0.2, 0) is 4.74 Å². The third-order valence-corrected chi connectivity index (χ3v) is 2.42. The molecular formula is C9H14F3N3O3. The van der Waals surface area contributed by atoms with Crippen molar-refractivity contribution in [2.24, 2.45) is 0 Å². The number of ether oxygens (including phenoxy) is 1. The highest BCUT2D eigenvalue weighted by molar-refractivity contribution is 5.75. The molecule has 18 heavy (non-hydrogen) atoms. The molecule has 1 aliphatic rings. The van der Waals surface area contributed by atoms with Gasteiger partial charge < -0.3 is 20.3 Å². The Labute approximate surface area is 101 Å². The lowest BCUT2D eigenvalue weighted by Crippen LogP contribution is -2.44. The molecule has 9 heteroatoms. The minimum Gasteiger partial charge on any atom is -0.453 e. The predicted molar refractivity (Wildman–Crippen MR) is 55.0 cm³/mol. The van der Waals surface area contributed by atoms with Gasteiger partial charge >= 0.3 is 18.3 Å². The van der Waals surface area contributed by atoms with Crippen LogP contribution in [0, 0.1) is 0 Å². The number of alkyl carbamates (subject to hydrolysis) is 1. The summed E-state index contributed by atoms with van der Waals surface area (Å²) < 4.78 is 40.1. The number of alkyl halides is 3. The zero-order valence-corrected chi connectivity index (χ0v) is 9.71. The average Bonchev–Trinajstić information content (AvgIpc) is 2.73. The van der Waals surface area contributed by atoms with Crippen molar-refractivity contribution in [3.05, 3.63) is 0 Å². The zero-order valence-electron chi connectivity index (χ0n) is 9.71. The monoisotopic (exact) mass is 269 g/mol. The number of hydrogen-bond acceptors (Lipinski definition) is 3. The van der Waals surface area contributed by atoms with Crippen molar-refractivity contribution in [2.45, 2.75) is 18.6 Å². The highest BCUT2D eigenvalue weighted by atomic mass is 19.4. The molecule has 0 bridgehead atoms. The summed E-state index contributed by atoms with van der Waals surface area (Å²) in [6, 6.07) is -1.09. The number of urea groups is 1. The second kappa shape index (κ2) is 5.78. The van der Waals surface area contributed by atoms with Crippen molar-refractivity contribution >= 4 is 12.1 Å². The Kier molecular flexibility index (Phi) is 4.62. The lowest BCUT2D eigenvalue weighted by atomic mass is 10.3. The van der Waals surface area contributed by atoms with E-state index in [1.807, 2.05) is 0 Å². The summed E-state index contributed by atoms with van der Waals surface area (Å²) in [4.78, 5) is 23.5. The average molecular weight is 269 g/mol. The first-order valence-corrected chi connectivity index (χ1v) is 5.26. The molecule has 0 saturated carbocycles. The molecule has 6 nitrogen and oxygen atoms in total. The van der Waals surface area contributed by atoms with Gasteiger partial charge in [0.25, 0.3) is 0 Å². The minimum absolute atomic E-state index is 0.165. The molecule has 2 N–H and O–H groups in total. The van der Waals surface area contributed by atoms with Crippen molar-refractivity contribution in [3.8, 4) is 0 Å². The zero-order chi connectivity index (χ0) is 13.8. The molecule has 1 rings (SSSR count). The van der Waals surface area contributed by atoms with Crippen molar-refractivity contribution in [1.82, 2.24) is 15.5 Å². The highest BCUT2D eigenvalue weighted by Crippen LogP contribution is 2.13. The number of nitrogens with one attached hydrogen (secondary N) is 2. The van der Waals surface area contributed by atoms with Crippen LogP contribution in [-0.4, -0.2) is 56.0 Å². The van der Waals surface area contributed by atoms with Crippen LogP contribution in [0.3, 0.4) is 0 Å². The molecule has 1 heterocycles. The van der Waals surface area contributed by atoms with Crippen LogP contribution in [0.4, 0.5) is 22.8 Å². The summed E-state index contributed by atoms with van der Waals surface area (Å²) >= 11 is 0. The quantitative estimate of drug-likeness (QED) is 0.774. The SMILES string of the molecule is COC(=O)NC1CCN(C(=O)NCC(F)(F)F)C1. The summed E-state index contributed by atoms with van der Waals surface area (Å²) in [5, 5.41) is 4.25. The number of likely N-dealkylation sites (tertiary alicyclic amines) is 1. The summed E-state index contributed by atoms with van der Waals surface area (Å²) in [6.45, 7) is -0.908. The van der Waals surface area contributed by atoms with Gasteiger partial charge in [-0.3, -0.25) is 0 Å². The molecule has 1 atom stereocenters. The van der Waals surface area contributed by atoms with E-state index in [1.54, 1.807) is 5.32 Å². The molecule has 1 saturated heterocycles. The molecule has 104 valence electrons. The Balaban J connectivity index is 2.33. The summed E-state index contributed by atoms with van der Waals surface area (Å²) in [7, 11) is 1.21. The van der Waals surface area contributed by atoms with Gasteiger partial charge in [0, 0.05) is 13.1 Å². The van der Waals surface area contributed by atoms with E-state index in [2.05, 4.69) is 10.1 Å². The third-order valence-electron chi connectivity index (χ3n) is 2.42. The Morgan fingerprint density at radius 1 is 1.44 bits per heavy atom. The maximum atomic E-state index is 11.9. The van der Waals surface area contributed by atoms with Crippen LogP contribution >= 0.6 is 0 Å². The molecule has 0 spiro atoms. The summed E-state index contributed by atoms with van der Waals surface area (Å²) in [5.41, 5.74) is 0. The summed E-state index contributed by atoms with van der Waals surface area (Å²) in [5.74, 6) is 0. The van der Waals surface area contributed by atoms with E-state index in [-0.39, 0.29) is 12.6 Å². The molecule has 3 amide bonds. The van der Waals surface area contributed by atoms with Gasteiger partial charge in [0.1, 0.15) is 6.54 Å². The molecule has 0 aromatic heterocycles. The van der Waals surface area contributed by atoms with Crippen LogP contribution in [0.15, 0.2) is 0 Å². The Hall–Kier alpha value is -1.67. The lowest BCUT2D eigenvalue weighted by molar-refractivity contribution is -0.123. The van der Waals surface area contributed by atoms with Crippen molar-refractivity contribution in [1.29, 1.82) is 0 Å². The smallest absolute Gasteiger partial charge is 0.407 e. The van der Waals surface area contributed by atoms with Gasteiger partial charge in [0.2, 0.25) is 0 Å². The number of halogens is 3. The first-order chi connectivity index (χ1) is 8.31. The van der Waals surface area contributed by atoms with Gasteiger partial charge in [0.05, 0.1) is 13.2 Å².